The van der Waals surface area contributed by atoms with Crippen LogP contribution in [-0.4, -0.2) is 5.97 Å². The van der Waals surface area contributed by atoms with E-state index >= 15 is 0 Å². The van der Waals surface area contributed by atoms with Crippen LogP contribution in [-0.2, 0) is 9.53 Å². The minimum absolute atomic E-state index is 0.364. The second kappa shape index (κ2) is 36.9. The smallest absolute Gasteiger partial charge is 0.335 e. The maximum Gasteiger partial charge on any atom is 0.335 e. The maximum atomic E-state index is 11.7. The number of hydrogen-bond acceptors (Lipinski definition) is 2. The van der Waals surface area contributed by atoms with Gasteiger partial charge in [-0.15, -0.1) is 0 Å². The van der Waals surface area contributed by atoms with Gasteiger partial charge in [-0.3, -0.25) is 0 Å². The molecule has 0 aliphatic heterocycles. The molecule has 0 rings (SSSR count). The van der Waals surface area contributed by atoms with Crippen molar-refractivity contribution in [3.05, 3.63) is 73.1 Å². The molecule has 0 aromatic heterocycles. The monoisotopic (exact) mass is 581 g/mol. The highest BCUT2D eigenvalue weighted by Crippen LogP contribution is 2.13. The first-order valence-electron chi connectivity index (χ1n) is 18.0. The Balaban J connectivity index is 3.54. The molecule has 0 saturated carbocycles. The lowest BCUT2D eigenvalue weighted by Gasteiger charge is -2.02. The number of carbonyl (C=O) groups excluding carboxylic acids is 1. The quantitative estimate of drug-likeness (QED) is 0.0268. The van der Waals surface area contributed by atoms with E-state index in [2.05, 4.69) is 38.2 Å². The van der Waals surface area contributed by atoms with Gasteiger partial charge < -0.3 is 4.74 Å². The fourth-order valence-corrected chi connectivity index (χ4v) is 4.96. The highest BCUT2D eigenvalue weighted by Gasteiger charge is 1.94. The fourth-order valence-electron chi connectivity index (χ4n) is 4.96. The Bertz CT molecular complexity index is 722. The number of unbranched alkanes of at least 4 members (excludes halogenated alkanes) is 23. The molecule has 240 valence electrons. The van der Waals surface area contributed by atoms with Crippen LogP contribution >= 0.6 is 0 Å². The Hall–Kier alpha value is -2.09. The van der Waals surface area contributed by atoms with Crippen molar-refractivity contribution in [2.45, 2.75) is 174 Å². The first kappa shape index (κ1) is 39.9. The highest BCUT2D eigenvalue weighted by molar-refractivity contribution is 5.82. The van der Waals surface area contributed by atoms with E-state index in [1.165, 1.54) is 160 Å². The van der Waals surface area contributed by atoms with Gasteiger partial charge in [0, 0.05) is 6.08 Å². The summed E-state index contributed by atoms with van der Waals surface area (Å²) in [5.41, 5.74) is 0. The summed E-state index contributed by atoms with van der Waals surface area (Å²) in [6.45, 7) is 4.56. The molecule has 0 aliphatic carbocycles. The topological polar surface area (TPSA) is 26.3 Å². The van der Waals surface area contributed by atoms with Crippen molar-refractivity contribution in [3.63, 3.8) is 0 Å². The zero-order valence-corrected chi connectivity index (χ0v) is 27.9. The van der Waals surface area contributed by atoms with Gasteiger partial charge in [0.15, 0.2) is 0 Å². The number of hydrogen-bond donors (Lipinski definition) is 0. The van der Waals surface area contributed by atoms with Gasteiger partial charge in [0.2, 0.25) is 0 Å². The van der Waals surface area contributed by atoms with Crippen molar-refractivity contribution in [3.8, 4) is 0 Å². The highest BCUT2D eigenvalue weighted by atomic mass is 16.5. The van der Waals surface area contributed by atoms with Crippen molar-refractivity contribution in [1.82, 2.24) is 0 Å². The molecule has 0 atom stereocenters. The standard InChI is InChI=1S/C40H68O2/c1-3-5-7-9-11-13-15-17-19-21-23-25-27-29-31-33-35-37-39-42-40(41)38-36-34-32-30-28-26-24-22-20-18-16-14-12-10-8-6-4-2/h28-39H,3-27H2,1-2H3. The van der Waals surface area contributed by atoms with Crippen molar-refractivity contribution >= 4 is 5.97 Å². The SMILES string of the molecule is CCCCCCCCCCCCCC=CC=CC=CC(=O)OC=CC=CC=CCCCCCCCCCCCCCC. The predicted octanol–water partition coefficient (Wildman–Crippen LogP) is 13.6. The zero-order chi connectivity index (χ0) is 30.4. The predicted molar refractivity (Wildman–Crippen MR) is 188 cm³/mol. The van der Waals surface area contributed by atoms with Crippen LogP contribution in [0, 0.1) is 0 Å². The van der Waals surface area contributed by atoms with Crippen LogP contribution in [0.3, 0.4) is 0 Å². The van der Waals surface area contributed by atoms with Crippen molar-refractivity contribution in [1.29, 1.82) is 0 Å². The van der Waals surface area contributed by atoms with E-state index in [0.717, 1.165) is 12.8 Å². The minimum atomic E-state index is -0.364. The lowest BCUT2D eigenvalue weighted by atomic mass is 10.0. The van der Waals surface area contributed by atoms with Crippen LogP contribution in [0.1, 0.15) is 174 Å². The van der Waals surface area contributed by atoms with E-state index < -0.39 is 0 Å². The number of esters is 1. The van der Waals surface area contributed by atoms with Crippen LogP contribution in [0.5, 0.6) is 0 Å². The molecule has 0 heterocycles. The zero-order valence-electron chi connectivity index (χ0n) is 27.9. The van der Waals surface area contributed by atoms with Crippen LogP contribution in [0.4, 0.5) is 0 Å². The summed E-state index contributed by atoms with van der Waals surface area (Å²) >= 11 is 0. The van der Waals surface area contributed by atoms with Gasteiger partial charge in [0.05, 0.1) is 6.26 Å². The van der Waals surface area contributed by atoms with Crippen LogP contribution < -0.4 is 0 Å². The third-order valence-corrected chi connectivity index (χ3v) is 7.63. The van der Waals surface area contributed by atoms with Gasteiger partial charge in [0.25, 0.3) is 0 Å². The van der Waals surface area contributed by atoms with E-state index in [0.29, 0.717) is 0 Å². The van der Waals surface area contributed by atoms with Gasteiger partial charge in [-0.25, -0.2) is 4.79 Å². The van der Waals surface area contributed by atoms with Crippen molar-refractivity contribution in [2.75, 3.05) is 0 Å². The van der Waals surface area contributed by atoms with E-state index in [1.807, 2.05) is 24.3 Å². The minimum Gasteiger partial charge on any atom is -0.431 e. The first-order chi connectivity index (χ1) is 20.8. The molecule has 0 aromatic rings. The molecule has 2 nitrogen and oxygen atoms in total. The van der Waals surface area contributed by atoms with E-state index in [4.69, 9.17) is 4.74 Å². The van der Waals surface area contributed by atoms with Crippen LogP contribution in [0.15, 0.2) is 73.1 Å². The Morgan fingerprint density at radius 1 is 0.405 bits per heavy atom. The summed E-state index contributed by atoms with van der Waals surface area (Å²) in [6, 6.07) is 0. The molecular weight excluding hydrogens is 512 g/mol. The molecule has 0 aromatic carbocycles. The second-order valence-corrected chi connectivity index (χ2v) is 11.8. The summed E-state index contributed by atoms with van der Waals surface area (Å²) in [5.74, 6) is -0.364. The fraction of sp³-hybridized carbons (Fsp3) is 0.675. The van der Waals surface area contributed by atoms with Gasteiger partial charge in [-0.05, 0) is 31.8 Å². The number of carbonyl (C=O) groups is 1. The largest absolute Gasteiger partial charge is 0.431 e. The average Bonchev–Trinajstić information content (AvgIpc) is 3.00. The van der Waals surface area contributed by atoms with E-state index in [1.54, 1.807) is 12.2 Å². The normalized spacial score (nSPS) is 12.5. The number of ether oxygens (including phenoxy) is 1. The molecule has 0 fully saturated rings. The molecule has 0 saturated heterocycles. The molecule has 0 unspecified atom stereocenters. The van der Waals surface area contributed by atoms with Crippen molar-refractivity contribution in [2.24, 2.45) is 0 Å². The number of allylic oxidation sites excluding steroid dienone is 10. The van der Waals surface area contributed by atoms with Gasteiger partial charge in [-0.2, -0.15) is 0 Å². The van der Waals surface area contributed by atoms with Crippen molar-refractivity contribution < 1.29 is 9.53 Å². The Morgan fingerprint density at radius 3 is 1.14 bits per heavy atom. The molecule has 0 spiro atoms. The van der Waals surface area contributed by atoms with Gasteiger partial charge in [0.1, 0.15) is 0 Å². The Kier molecular flexibility index (Phi) is 35.1. The molecule has 0 amide bonds. The molecule has 0 radical (unpaired) electrons. The first-order valence-corrected chi connectivity index (χ1v) is 18.0. The molecule has 0 N–H and O–H groups in total. The molecule has 42 heavy (non-hydrogen) atoms. The van der Waals surface area contributed by atoms with Gasteiger partial charge >= 0.3 is 5.97 Å². The molecule has 0 bridgehead atoms. The molecule has 0 aliphatic rings. The lowest BCUT2D eigenvalue weighted by Crippen LogP contribution is -1.92. The van der Waals surface area contributed by atoms with Crippen LogP contribution in [0.25, 0.3) is 0 Å². The summed E-state index contributed by atoms with van der Waals surface area (Å²) < 4.78 is 5.07. The van der Waals surface area contributed by atoms with Gasteiger partial charge in [-0.1, -0.05) is 203 Å². The van der Waals surface area contributed by atoms with E-state index in [9.17, 15) is 4.79 Å². The second-order valence-electron chi connectivity index (χ2n) is 11.8. The maximum absolute atomic E-state index is 11.7. The summed E-state index contributed by atoms with van der Waals surface area (Å²) in [6.07, 6.45) is 56.7. The van der Waals surface area contributed by atoms with E-state index in [-0.39, 0.29) is 5.97 Å². The Labute approximate surface area is 262 Å². The summed E-state index contributed by atoms with van der Waals surface area (Å²) in [4.78, 5) is 11.7. The van der Waals surface area contributed by atoms with Crippen LogP contribution in [0.2, 0.25) is 0 Å². The third-order valence-electron chi connectivity index (χ3n) is 7.63. The summed E-state index contributed by atoms with van der Waals surface area (Å²) in [5, 5.41) is 0. The average molecular weight is 581 g/mol. The Morgan fingerprint density at radius 2 is 0.738 bits per heavy atom. The summed E-state index contributed by atoms with van der Waals surface area (Å²) in [7, 11) is 0. The lowest BCUT2D eigenvalue weighted by molar-refractivity contribution is -0.132. The third kappa shape index (κ3) is 35.9. The molecule has 2 heteroatoms. The molecular formula is C40H68O2. The number of rotatable bonds is 31.